The number of benzene rings is 3. The summed E-state index contributed by atoms with van der Waals surface area (Å²) >= 11 is 0. The van der Waals surface area contributed by atoms with E-state index in [4.69, 9.17) is 4.43 Å². The summed E-state index contributed by atoms with van der Waals surface area (Å²) in [6.07, 6.45) is 3.82. The van der Waals surface area contributed by atoms with Crippen LogP contribution in [0.4, 0.5) is 0 Å². The van der Waals surface area contributed by atoms with Crippen LogP contribution < -0.4 is 15.9 Å². The second kappa shape index (κ2) is 11.9. The smallest absolute Gasteiger partial charge is 0.192 e. The van der Waals surface area contributed by atoms with Crippen LogP contribution in [-0.2, 0) is 4.43 Å². The molecule has 3 aromatic carbocycles. The summed E-state index contributed by atoms with van der Waals surface area (Å²) in [5.74, 6) is 0. The molecule has 0 amide bonds. The van der Waals surface area contributed by atoms with E-state index in [9.17, 15) is 0 Å². The first-order valence-corrected chi connectivity index (χ1v) is 16.8. The van der Waals surface area contributed by atoms with Crippen LogP contribution in [0.5, 0.6) is 0 Å². The zero-order chi connectivity index (χ0) is 22.9. The molecule has 1 nitrogen and oxygen atoms in total. The van der Waals surface area contributed by atoms with Crippen LogP contribution in [0.15, 0.2) is 91.0 Å². The molecule has 0 fully saturated rings. The Hall–Kier alpha value is -1.73. The summed E-state index contributed by atoms with van der Waals surface area (Å²) in [7, 11) is -3.28. The highest BCUT2D eigenvalue weighted by Crippen LogP contribution is 2.56. The highest BCUT2D eigenvalue weighted by molar-refractivity contribution is 7.95. The first-order valence-electron chi connectivity index (χ1n) is 12.3. The maximum absolute atomic E-state index is 6.77. The Labute approximate surface area is 197 Å². The number of hydrogen-bond donors (Lipinski definition) is 0. The molecule has 0 saturated heterocycles. The van der Waals surface area contributed by atoms with Gasteiger partial charge in [-0.15, -0.1) is 0 Å². The fraction of sp³-hybridized carbons (Fsp3) is 0.379. The Kier molecular flexibility index (Phi) is 9.29. The van der Waals surface area contributed by atoms with Gasteiger partial charge in [-0.1, -0.05) is 75.4 Å². The Balaban J connectivity index is 1.92. The summed E-state index contributed by atoms with van der Waals surface area (Å²) < 4.78 is 6.77. The topological polar surface area (TPSA) is 9.23 Å². The fourth-order valence-electron chi connectivity index (χ4n) is 4.98. The lowest BCUT2D eigenvalue weighted by Crippen LogP contribution is -2.39. The summed E-state index contributed by atoms with van der Waals surface area (Å²) in [6.45, 7) is 9.27. The van der Waals surface area contributed by atoms with E-state index >= 15 is 0 Å². The number of rotatable bonds is 12. The summed E-state index contributed by atoms with van der Waals surface area (Å²) in [5, 5.41) is 4.43. The lowest BCUT2D eigenvalue weighted by Gasteiger charge is -2.32. The average Bonchev–Trinajstić information content (AvgIpc) is 2.87. The van der Waals surface area contributed by atoms with Crippen molar-refractivity contribution in [1.82, 2.24) is 0 Å². The minimum absolute atomic E-state index is 0.339. The molecule has 0 bridgehead atoms. The molecule has 0 unspecified atom stereocenters. The Morgan fingerprint density at radius 1 is 0.656 bits per heavy atom. The van der Waals surface area contributed by atoms with E-state index in [2.05, 4.69) is 119 Å². The van der Waals surface area contributed by atoms with E-state index in [-0.39, 0.29) is 0 Å². The fourth-order valence-corrected chi connectivity index (χ4v) is 12.3. The van der Waals surface area contributed by atoms with Crippen molar-refractivity contribution in [3.05, 3.63) is 91.0 Å². The van der Waals surface area contributed by atoms with Crippen molar-refractivity contribution in [3.63, 3.8) is 0 Å². The van der Waals surface area contributed by atoms with E-state index < -0.39 is 15.6 Å². The summed E-state index contributed by atoms with van der Waals surface area (Å²) in [6, 6.07) is 37.3. The highest BCUT2D eigenvalue weighted by Gasteiger charge is 2.44. The van der Waals surface area contributed by atoms with Gasteiger partial charge in [-0.05, 0) is 74.3 Å². The highest BCUT2D eigenvalue weighted by atomic mass is 31.2. The lowest BCUT2D eigenvalue weighted by molar-refractivity contribution is 0.195. The summed E-state index contributed by atoms with van der Waals surface area (Å²) in [5.41, 5.74) is 0. The van der Waals surface area contributed by atoms with Gasteiger partial charge in [0.2, 0.25) is 0 Å². The SMILES string of the molecule is CC[Si](CC)(CC)O[C@H](C)CCC[P+](c1ccccc1)(c1ccccc1)c1ccccc1. The largest absolute Gasteiger partial charge is 0.414 e. The molecule has 0 aromatic heterocycles. The van der Waals surface area contributed by atoms with Gasteiger partial charge in [0.15, 0.2) is 8.32 Å². The first-order chi connectivity index (χ1) is 15.6. The van der Waals surface area contributed by atoms with Crippen molar-refractivity contribution in [1.29, 1.82) is 0 Å². The predicted molar refractivity (Wildman–Crippen MR) is 147 cm³/mol. The molecule has 0 radical (unpaired) electrons. The van der Waals surface area contributed by atoms with Crippen molar-refractivity contribution in [2.45, 2.75) is 64.8 Å². The molecule has 3 aromatic rings. The molecule has 0 heterocycles. The Bertz CT molecular complexity index is 805. The van der Waals surface area contributed by atoms with Gasteiger partial charge in [-0.25, -0.2) is 0 Å². The van der Waals surface area contributed by atoms with E-state index in [0.717, 1.165) is 6.42 Å². The third-order valence-corrected chi connectivity index (χ3v) is 16.4. The standard InChI is InChI=1S/C29H40OPSi/c1-5-32(6-2,7-3)30-26(4)18-17-25-31(27-19-11-8-12-20-27,28-21-13-9-14-22-28)29-23-15-10-16-24-29/h8-16,19-24,26H,5-7,17-18,25H2,1-4H3/q+1/t26-/m1/s1. The number of hydrogen-bond acceptors (Lipinski definition) is 1. The molecule has 0 aliphatic rings. The molecule has 0 aliphatic heterocycles. The van der Waals surface area contributed by atoms with Gasteiger partial charge in [0.05, 0.1) is 6.16 Å². The van der Waals surface area contributed by atoms with E-state index in [1.54, 1.807) is 0 Å². The quantitative estimate of drug-likeness (QED) is 0.204. The van der Waals surface area contributed by atoms with Crippen LogP contribution in [0.25, 0.3) is 0 Å². The lowest BCUT2D eigenvalue weighted by atomic mass is 10.2. The molecule has 0 aliphatic carbocycles. The van der Waals surface area contributed by atoms with Crippen LogP contribution in [0, 0.1) is 0 Å². The maximum atomic E-state index is 6.77. The van der Waals surface area contributed by atoms with Crippen LogP contribution >= 0.6 is 7.26 Å². The third-order valence-electron chi connectivity index (χ3n) is 7.08. The molecule has 3 heteroatoms. The third kappa shape index (κ3) is 5.60. The van der Waals surface area contributed by atoms with Gasteiger partial charge in [0, 0.05) is 6.10 Å². The van der Waals surface area contributed by atoms with Gasteiger partial charge in [0.25, 0.3) is 0 Å². The average molecular weight is 464 g/mol. The zero-order valence-electron chi connectivity index (χ0n) is 20.3. The molecular formula is C29H40OPSi+. The van der Waals surface area contributed by atoms with Gasteiger partial charge in [0.1, 0.15) is 23.2 Å². The van der Waals surface area contributed by atoms with Gasteiger partial charge in [-0.3, -0.25) is 0 Å². The van der Waals surface area contributed by atoms with Crippen LogP contribution in [0.3, 0.4) is 0 Å². The van der Waals surface area contributed by atoms with Crippen molar-refractivity contribution in [3.8, 4) is 0 Å². The molecule has 1 atom stereocenters. The van der Waals surface area contributed by atoms with Gasteiger partial charge < -0.3 is 4.43 Å². The second-order valence-electron chi connectivity index (χ2n) is 8.85. The molecule has 0 saturated carbocycles. The maximum Gasteiger partial charge on any atom is 0.192 e. The minimum atomic E-state index is -1.73. The predicted octanol–water partition coefficient (Wildman–Crippen LogP) is 7.17. The second-order valence-corrected chi connectivity index (χ2v) is 17.2. The van der Waals surface area contributed by atoms with Crippen molar-refractivity contribution >= 4 is 31.5 Å². The molecule has 0 N–H and O–H groups in total. The van der Waals surface area contributed by atoms with E-state index in [0.29, 0.717) is 6.10 Å². The van der Waals surface area contributed by atoms with Crippen LogP contribution in [0.1, 0.15) is 40.5 Å². The van der Waals surface area contributed by atoms with Gasteiger partial charge >= 0.3 is 0 Å². The summed E-state index contributed by atoms with van der Waals surface area (Å²) in [4.78, 5) is 0. The molecule has 32 heavy (non-hydrogen) atoms. The molecule has 170 valence electrons. The van der Waals surface area contributed by atoms with E-state index in [1.807, 2.05) is 0 Å². The van der Waals surface area contributed by atoms with Crippen molar-refractivity contribution in [2.24, 2.45) is 0 Å². The first kappa shape index (κ1) is 24.9. The normalized spacial score (nSPS) is 13.1. The molecule has 3 rings (SSSR count). The molecular weight excluding hydrogens is 423 g/mol. The van der Waals surface area contributed by atoms with E-state index in [1.165, 1.54) is 46.6 Å². The van der Waals surface area contributed by atoms with Gasteiger partial charge in [-0.2, -0.15) is 0 Å². The van der Waals surface area contributed by atoms with Crippen LogP contribution in [0.2, 0.25) is 18.1 Å². The monoisotopic (exact) mass is 463 g/mol. The Morgan fingerprint density at radius 2 is 1.03 bits per heavy atom. The van der Waals surface area contributed by atoms with Crippen molar-refractivity contribution in [2.75, 3.05) is 6.16 Å². The van der Waals surface area contributed by atoms with Crippen molar-refractivity contribution < 1.29 is 4.43 Å². The Morgan fingerprint density at radius 3 is 1.38 bits per heavy atom. The minimum Gasteiger partial charge on any atom is -0.414 e. The van der Waals surface area contributed by atoms with Crippen LogP contribution in [-0.4, -0.2) is 20.6 Å². The molecule has 0 spiro atoms. The zero-order valence-corrected chi connectivity index (χ0v) is 22.2.